The molecule has 0 heterocycles. The predicted molar refractivity (Wildman–Crippen MR) is 80.8 cm³/mol. The van der Waals surface area contributed by atoms with Crippen LogP contribution >= 0.6 is 0 Å². The first-order valence-electron chi connectivity index (χ1n) is 7.40. The topological polar surface area (TPSA) is 83.5 Å². The van der Waals surface area contributed by atoms with Gasteiger partial charge in [0.15, 0.2) is 0 Å². The summed E-state index contributed by atoms with van der Waals surface area (Å²) < 4.78 is 25.7. The highest BCUT2D eigenvalue weighted by atomic mass is 16.6. The monoisotopic (exact) mass is 320 g/mol. The maximum Gasteiger partial charge on any atom is 0.330 e. The first-order valence-corrected chi connectivity index (χ1v) is 7.40. The Bertz CT molecular complexity index is 288. The number of hydrogen-bond acceptors (Lipinski definition) is 7. The molecule has 0 aromatic rings. The number of ether oxygens (including phenoxy) is 5. The third-order valence-electron chi connectivity index (χ3n) is 2.23. The van der Waals surface area contributed by atoms with E-state index in [0.717, 1.165) is 5.57 Å². The van der Waals surface area contributed by atoms with Crippen molar-refractivity contribution >= 4 is 5.97 Å². The number of aliphatic hydroxyl groups excluding tert-OH is 1. The maximum absolute atomic E-state index is 11.2. The Hall–Kier alpha value is -0.990. The van der Waals surface area contributed by atoms with Gasteiger partial charge in [0.25, 0.3) is 0 Å². The quantitative estimate of drug-likeness (QED) is 0.268. The minimum atomic E-state index is -0.347. The van der Waals surface area contributed by atoms with Gasteiger partial charge in [-0.3, -0.25) is 0 Å². The van der Waals surface area contributed by atoms with Crippen molar-refractivity contribution in [2.75, 3.05) is 66.1 Å². The molecule has 0 amide bonds. The molecule has 0 bridgehead atoms. The van der Waals surface area contributed by atoms with Crippen LogP contribution in [0.3, 0.4) is 0 Å². The average Bonchev–Trinajstić information content (AvgIpc) is 2.47. The van der Waals surface area contributed by atoms with E-state index in [-0.39, 0.29) is 19.2 Å². The second-order valence-corrected chi connectivity index (χ2v) is 4.56. The molecule has 0 spiro atoms. The van der Waals surface area contributed by atoms with Crippen molar-refractivity contribution in [3.05, 3.63) is 11.6 Å². The summed E-state index contributed by atoms with van der Waals surface area (Å²) in [6, 6.07) is 0. The van der Waals surface area contributed by atoms with Crippen LogP contribution in [0.5, 0.6) is 0 Å². The molecule has 0 unspecified atom stereocenters. The number of carbonyl (C=O) groups is 1. The maximum atomic E-state index is 11.2. The molecule has 0 aliphatic rings. The third kappa shape index (κ3) is 17.1. The first-order chi connectivity index (χ1) is 10.7. The fourth-order valence-electron chi connectivity index (χ4n) is 1.30. The van der Waals surface area contributed by atoms with E-state index in [0.29, 0.717) is 52.9 Å². The third-order valence-corrected chi connectivity index (χ3v) is 2.23. The van der Waals surface area contributed by atoms with Crippen LogP contribution in [0, 0.1) is 0 Å². The largest absolute Gasteiger partial charge is 0.460 e. The number of rotatable bonds is 15. The predicted octanol–water partition coefficient (Wildman–Crippen LogP) is 0.555. The Morgan fingerprint density at radius 2 is 1.18 bits per heavy atom. The second-order valence-electron chi connectivity index (χ2n) is 4.56. The van der Waals surface area contributed by atoms with Crippen LogP contribution < -0.4 is 0 Å². The van der Waals surface area contributed by atoms with Gasteiger partial charge in [0.1, 0.15) is 6.61 Å². The number of carbonyl (C=O) groups excluding carboxylic acids is 1. The lowest BCUT2D eigenvalue weighted by molar-refractivity contribution is -0.139. The fraction of sp³-hybridized carbons (Fsp3) is 0.800. The van der Waals surface area contributed by atoms with Crippen LogP contribution in [0.2, 0.25) is 0 Å². The molecule has 0 aromatic heterocycles. The van der Waals surface area contributed by atoms with E-state index in [1.807, 2.05) is 13.8 Å². The van der Waals surface area contributed by atoms with Gasteiger partial charge >= 0.3 is 5.97 Å². The van der Waals surface area contributed by atoms with E-state index in [1.54, 1.807) is 0 Å². The molecule has 0 aromatic carbocycles. The van der Waals surface area contributed by atoms with E-state index < -0.39 is 0 Å². The Morgan fingerprint density at radius 1 is 0.773 bits per heavy atom. The van der Waals surface area contributed by atoms with Gasteiger partial charge in [-0.2, -0.15) is 0 Å². The molecule has 0 fully saturated rings. The fourth-order valence-corrected chi connectivity index (χ4v) is 1.30. The van der Waals surface area contributed by atoms with Gasteiger partial charge in [-0.05, 0) is 13.8 Å². The summed E-state index contributed by atoms with van der Waals surface area (Å²) >= 11 is 0. The molecule has 130 valence electrons. The number of aliphatic hydroxyl groups is 1. The van der Waals surface area contributed by atoms with E-state index in [9.17, 15) is 4.79 Å². The first kappa shape index (κ1) is 21.0. The number of hydrogen-bond donors (Lipinski definition) is 1. The molecule has 7 nitrogen and oxygen atoms in total. The normalized spacial score (nSPS) is 10.5. The van der Waals surface area contributed by atoms with Crippen molar-refractivity contribution in [2.24, 2.45) is 0 Å². The Balaban J connectivity index is 3.11. The minimum absolute atomic E-state index is 0.0251. The minimum Gasteiger partial charge on any atom is -0.460 e. The Kier molecular flexibility index (Phi) is 15.6. The summed E-state index contributed by atoms with van der Waals surface area (Å²) in [5.41, 5.74) is 0.904. The highest BCUT2D eigenvalue weighted by Gasteiger charge is 1.97. The molecule has 0 radical (unpaired) electrons. The van der Waals surface area contributed by atoms with Gasteiger partial charge < -0.3 is 28.8 Å². The van der Waals surface area contributed by atoms with Gasteiger partial charge in [0.2, 0.25) is 0 Å². The standard InChI is InChI=1S/C15H28O7/c1-14(2)13-15(17)22-12-11-21-10-9-20-8-7-19-6-5-18-4-3-16/h13,16H,3-12H2,1-2H3. The summed E-state index contributed by atoms with van der Waals surface area (Å²) in [7, 11) is 0. The summed E-state index contributed by atoms with van der Waals surface area (Å²) in [4.78, 5) is 11.2. The lowest BCUT2D eigenvalue weighted by atomic mass is 10.3. The van der Waals surface area contributed by atoms with Crippen molar-refractivity contribution in [2.45, 2.75) is 13.8 Å². The molecule has 22 heavy (non-hydrogen) atoms. The average molecular weight is 320 g/mol. The van der Waals surface area contributed by atoms with Gasteiger partial charge in [0.05, 0.1) is 59.5 Å². The van der Waals surface area contributed by atoms with Gasteiger partial charge in [-0.1, -0.05) is 5.57 Å². The van der Waals surface area contributed by atoms with Crippen LogP contribution in [0.1, 0.15) is 13.8 Å². The van der Waals surface area contributed by atoms with Gasteiger partial charge in [-0.15, -0.1) is 0 Å². The SMILES string of the molecule is CC(C)=CC(=O)OCCOCCOCCOCCOCCO. The van der Waals surface area contributed by atoms with Crippen molar-refractivity contribution in [1.82, 2.24) is 0 Å². The molecular weight excluding hydrogens is 292 g/mol. The molecule has 7 heteroatoms. The van der Waals surface area contributed by atoms with Crippen molar-refractivity contribution in [3.8, 4) is 0 Å². The van der Waals surface area contributed by atoms with E-state index >= 15 is 0 Å². The van der Waals surface area contributed by atoms with Crippen LogP contribution in [0.25, 0.3) is 0 Å². The smallest absolute Gasteiger partial charge is 0.330 e. The molecule has 0 aliphatic heterocycles. The molecule has 0 aliphatic carbocycles. The second kappa shape index (κ2) is 16.4. The molecule has 0 saturated carbocycles. The zero-order chi connectivity index (χ0) is 16.5. The summed E-state index contributed by atoms with van der Waals surface area (Å²) in [5, 5.41) is 8.48. The summed E-state index contributed by atoms with van der Waals surface area (Å²) in [6.45, 7) is 7.45. The van der Waals surface area contributed by atoms with Crippen molar-refractivity contribution < 1.29 is 33.6 Å². The zero-order valence-electron chi connectivity index (χ0n) is 13.5. The van der Waals surface area contributed by atoms with Gasteiger partial charge in [-0.25, -0.2) is 4.79 Å². The highest BCUT2D eigenvalue weighted by molar-refractivity contribution is 5.82. The zero-order valence-corrected chi connectivity index (χ0v) is 13.5. The molecule has 1 N–H and O–H groups in total. The van der Waals surface area contributed by atoms with E-state index in [4.69, 9.17) is 28.8 Å². The van der Waals surface area contributed by atoms with Crippen molar-refractivity contribution in [1.29, 1.82) is 0 Å². The van der Waals surface area contributed by atoms with Crippen LogP contribution in [0.15, 0.2) is 11.6 Å². The van der Waals surface area contributed by atoms with Crippen LogP contribution in [-0.4, -0.2) is 77.1 Å². The summed E-state index contributed by atoms with van der Waals surface area (Å²) in [6.07, 6.45) is 1.44. The molecule has 0 saturated heterocycles. The molecule has 0 atom stereocenters. The van der Waals surface area contributed by atoms with Gasteiger partial charge in [0, 0.05) is 6.08 Å². The van der Waals surface area contributed by atoms with E-state index in [1.165, 1.54) is 6.08 Å². The lowest BCUT2D eigenvalue weighted by Gasteiger charge is -2.07. The lowest BCUT2D eigenvalue weighted by Crippen LogP contribution is -2.14. The van der Waals surface area contributed by atoms with Crippen LogP contribution in [-0.2, 0) is 28.5 Å². The Labute approximate surface area is 132 Å². The van der Waals surface area contributed by atoms with E-state index in [2.05, 4.69) is 0 Å². The molecular formula is C15H28O7. The number of allylic oxidation sites excluding steroid dienone is 1. The van der Waals surface area contributed by atoms with Crippen molar-refractivity contribution in [3.63, 3.8) is 0 Å². The number of esters is 1. The van der Waals surface area contributed by atoms with Crippen LogP contribution in [0.4, 0.5) is 0 Å². The molecule has 0 rings (SSSR count). The highest BCUT2D eigenvalue weighted by Crippen LogP contribution is 1.91. The summed E-state index contributed by atoms with van der Waals surface area (Å²) in [5.74, 6) is -0.347. The Morgan fingerprint density at radius 3 is 1.59 bits per heavy atom.